The molecule has 3 heteroatoms. The Labute approximate surface area is 108 Å². The molecule has 3 atom stereocenters. The summed E-state index contributed by atoms with van der Waals surface area (Å²) in [6.45, 7) is 7.16. The maximum Gasteiger partial charge on any atom is 0.126 e. The van der Waals surface area contributed by atoms with Crippen molar-refractivity contribution in [3.05, 3.63) is 29.6 Å². The van der Waals surface area contributed by atoms with Gasteiger partial charge in [0.1, 0.15) is 5.82 Å². The zero-order valence-corrected chi connectivity index (χ0v) is 11.2. The molecule has 1 aromatic carbocycles. The molecule has 0 bridgehead atoms. The van der Waals surface area contributed by atoms with Crippen molar-refractivity contribution in [2.45, 2.75) is 39.3 Å². The van der Waals surface area contributed by atoms with Crippen LogP contribution in [0.1, 0.15) is 25.8 Å². The van der Waals surface area contributed by atoms with Crippen LogP contribution in [0.3, 0.4) is 0 Å². The van der Waals surface area contributed by atoms with Crippen LogP contribution in [0.15, 0.2) is 18.2 Å². The lowest BCUT2D eigenvalue weighted by molar-refractivity contribution is -0.0923. The van der Waals surface area contributed by atoms with Gasteiger partial charge >= 0.3 is 0 Å². The second kappa shape index (κ2) is 3.95. The van der Waals surface area contributed by atoms with Crippen LogP contribution in [-0.2, 0) is 4.74 Å². The van der Waals surface area contributed by atoms with Crippen molar-refractivity contribution in [2.24, 2.45) is 11.3 Å². The largest absolute Gasteiger partial charge is 0.381 e. The quantitative estimate of drug-likeness (QED) is 0.867. The topological polar surface area (TPSA) is 21.3 Å². The summed E-state index contributed by atoms with van der Waals surface area (Å²) in [6.07, 6.45) is 1.52. The van der Waals surface area contributed by atoms with Crippen molar-refractivity contribution in [1.29, 1.82) is 0 Å². The second-order valence-electron chi connectivity index (χ2n) is 6.15. The van der Waals surface area contributed by atoms with Crippen LogP contribution in [0.5, 0.6) is 0 Å². The summed E-state index contributed by atoms with van der Waals surface area (Å²) < 4.78 is 19.0. The Bertz CT molecular complexity index is 472. The van der Waals surface area contributed by atoms with E-state index in [0.717, 1.165) is 18.7 Å². The van der Waals surface area contributed by atoms with E-state index in [9.17, 15) is 4.39 Å². The van der Waals surface area contributed by atoms with Gasteiger partial charge in [-0.2, -0.15) is 0 Å². The van der Waals surface area contributed by atoms with Gasteiger partial charge in [0.25, 0.3) is 0 Å². The highest BCUT2D eigenvalue weighted by Crippen LogP contribution is 2.53. The summed E-state index contributed by atoms with van der Waals surface area (Å²) in [5.74, 6) is 0.459. The van der Waals surface area contributed by atoms with Gasteiger partial charge in [-0.15, -0.1) is 0 Å². The molecule has 0 radical (unpaired) electrons. The highest BCUT2D eigenvalue weighted by molar-refractivity contribution is 5.48. The number of ether oxygens (including phenoxy) is 1. The molecule has 0 spiro atoms. The number of anilines is 1. The van der Waals surface area contributed by atoms with E-state index in [1.807, 2.05) is 12.1 Å². The first-order chi connectivity index (χ1) is 8.50. The van der Waals surface area contributed by atoms with Crippen LogP contribution in [0.2, 0.25) is 0 Å². The molecule has 0 aromatic heterocycles. The first-order valence-corrected chi connectivity index (χ1v) is 6.64. The molecule has 1 aromatic rings. The molecule has 3 unspecified atom stereocenters. The van der Waals surface area contributed by atoms with E-state index in [1.165, 1.54) is 6.07 Å². The van der Waals surface area contributed by atoms with Gasteiger partial charge in [-0.3, -0.25) is 0 Å². The minimum Gasteiger partial charge on any atom is -0.381 e. The predicted octanol–water partition coefficient (Wildman–Crippen LogP) is 3.36. The predicted molar refractivity (Wildman–Crippen MR) is 70.2 cm³/mol. The Morgan fingerprint density at radius 1 is 1.39 bits per heavy atom. The molecule has 1 saturated heterocycles. The fourth-order valence-corrected chi connectivity index (χ4v) is 3.53. The zero-order valence-electron chi connectivity index (χ0n) is 11.2. The molecule has 2 fully saturated rings. The Kier molecular flexibility index (Phi) is 2.63. The van der Waals surface area contributed by atoms with Crippen LogP contribution in [0.4, 0.5) is 10.1 Å². The highest BCUT2D eigenvalue weighted by atomic mass is 19.1. The smallest absolute Gasteiger partial charge is 0.126 e. The summed E-state index contributed by atoms with van der Waals surface area (Å²) >= 11 is 0. The van der Waals surface area contributed by atoms with Gasteiger partial charge < -0.3 is 10.1 Å². The van der Waals surface area contributed by atoms with Crippen LogP contribution < -0.4 is 5.32 Å². The zero-order chi connectivity index (χ0) is 12.9. The summed E-state index contributed by atoms with van der Waals surface area (Å²) in [5.41, 5.74) is 1.86. The van der Waals surface area contributed by atoms with E-state index in [-0.39, 0.29) is 11.2 Å². The van der Waals surface area contributed by atoms with E-state index in [1.54, 1.807) is 6.92 Å². The van der Waals surface area contributed by atoms with Gasteiger partial charge in [-0.05, 0) is 37.1 Å². The van der Waals surface area contributed by atoms with Crippen molar-refractivity contribution >= 4 is 5.69 Å². The minimum absolute atomic E-state index is 0.143. The van der Waals surface area contributed by atoms with Gasteiger partial charge in [0.05, 0.1) is 6.10 Å². The normalized spacial score (nSPS) is 32.8. The highest BCUT2D eigenvalue weighted by Gasteiger charge is 2.59. The van der Waals surface area contributed by atoms with Gasteiger partial charge in [-0.25, -0.2) is 4.39 Å². The number of halogens is 1. The molecule has 1 N–H and O–H groups in total. The molecule has 3 rings (SSSR count). The number of rotatable bonds is 2. The molecule has 1 heterocycles. The molecular weight excluding hydrogens is 229 g/mol. The lowest BCUT2D eigenvalue weighted by atomic mass is 9.57. The first kappa shape index (κ1) is 12.0. The number of benzene rings is 1. The number of hydrogen-bond donors (Lipinski definition) is 1. The summed E-state index contributed by atoms with van der Waals surface area (Å²) in [4.78, 5) is 0. The molecule has 1 saturated carbocycles. The summed E-state index contributed by atoms with van der Waals surface area (Å²) in [5, 5.41) is 3.56. The van der Waals surface area contributed by atoms with E-state index >= 15 is 0 Å². The van der Waals surface area contributed by atoms with Crippen molar-refractivity contribution < 1.29 is 9.13 Å². The van der Waals surface area contributed by atoms with Gasteiger partial charge in [0.15, 0.2) is 0 Å². The van der Waals surface area contributed by atoms with E-state index in [2.05, 4.69) is 19.2 Å². The average molecular weight is 249 g/mol. The SMILES string of the molecule is Cc1cc(NC2C3CCOC3C2(C)C)ccc1F. The van der Waals surface area contributed by atoms with Gasteiger partial charge in [-0.1, -0.05) is 13.8 Å². The molecular formula is C15H20FNO. The van der Waals surface area contributed by atoms with Crippen molar-refractivity contribution in [1.82, 2.24) is 0 Å². The third-order valence-electron chi connectivity index (χ3n) is 4.58. The Morgan fingerprint density at radius 3 is 2.89 bits per heavy atom. The fraction of sp³-hybridized carbons (Fsp3) is 0.600. The molecule has 18 heavy (non-hydrogen) atoms. The number of nitrogens with one attached hydrogen (secondary N) is 1. The van der Waals surface area contributed by atoms with Crippen molar-refractivity contribution in [3.63, 3.8) is 0 Å². The van der Waals surface area contributed by atoms with Crippen molar-refractivity contribution in [2.75, 3.05) is 11.9 Å². The molecule has 98 valence electrons. The third-order valence-corrected chi connectivity index (χ3v) is 4.58. The molecule has 2 aliphatic rings. The molecule has 0 amide bonds. The summed E-state index contributed by atoms with van der Waals surface area (Å²) in [6, 6.07) is 5.66. The maximum atomic E-state index is 13.3. The van der Waals surface area contributed by atoms with Gasteiger partial charge in [0, 0.05) is 29.7 Å². The fourth-order valence-electron chi connectivity index (χ4n) is 3.53. The lowest BCUT2D eigenvalue weighted by Crippen LogP contribution is -2.63. The molecule has 2 nitrogen and oxygen atoms in total. The van der Waals surface area contributed by atoms with Gasteiger partial charge in [0.2, 0.25) is 0 Å². The van der Waals surface area contributed by atoms with Crippen LogP contribution in [-0.4, -0.2) is 18.8 Å². The Balaban J connectivity index is 1.78. The van der Waals surface area contributed by atoms with E-state index < -0.39 is 0 Å². The molecule has 1 aliphatic heterocycles. The number of hydrogen-bond acceptors (Lipinski definition) is 2. The number of fused-ring (bicyclic) bond motifs is 1. The Hall–Kier alpha value is -1.09. The second-order valence-corrected chi connectivity index (χ2v) is 6.15. The molecule has 1 aliphatic carbocycles. The van der Waals surface area contributed by atoms with Crippen LogP contribution in [0.25, 0.3) is 0 Å². The summed E-state index contributed by atoms with van der Waals surface area (Å²) in [7, 11) is 0. The first-order valence-electron chi connectivity index (χ1n) is 6.64. The average Bonchev–Trinajstić information content (AvgIpc) is 2.77. The number of aryl methyl sites for hydroxylation is 1. The van der Waals surface area contributed by atoms with E-state index in [4.69, 9.17) is 4.74 Å². The standard InChI is InChI=1S/C15H20FNO/c1-9-8-10(4-5-12(9)16)17-13-11-6-7-18-14(11)15(13,2)3/h4-5,8,11,13-14,17H,6-7H2,1-3H3. The van der Waals surface area contributed by atoms with Crippen LogP contribution >= 0.6 is 0 Å². The maximum absolute atomic E-state index is 13.3. The van der Waals surface area contributed by atoms with Crippen LogP contribution in [0, 0.1) is 24.1 Å². The Morgan fingerprint density at radius 2 is 2.17 bits per heavy atom. The van der Waals surface area contributed by atoms with Crippen molar-refractivity contribution in [3.8, 4) is 0 Å². The third kappa shape index (κ3) is 1.64. The monoisotopic (exact) mass is 249 g/mol. The lowest BCUT2D eigenvalue weighted by Gasteiger charge is -2.55. The minimum atomic E-state index is -0.143. The van der Waals surface area contributed by atoms with E-state index in [0.29, 0.717) is 23.6 Å².